The van der Waals surface area contributed by atoms with Gasteiger partial charge in [-0.15, -0.1) is 0 Å². The van der Waals surface area contributed by atoms with E-state index in [1.54, 1.807) is 4.90 Å². The lowest BCUT2D eigenvalue weighted by atomic mass is 10.0. The highest BCUT2D eigenvalue weighted by Gasteiger charge is 2.30. The van der Waals surface area contributed by atoms with Crippen LogP contribution < -0.4 is 4.90 Å². The highest BCUT2D eigenvalue weighted by molar-refractivity contribution is 5.95. The lowest BCUT2D eigenvalue weighted by Gasteiger charge is -2.18. The number of carbonyl (C=O) groups excluding carboxylic acids is 1. The monoisotopic (exact) mass is 262 g/mol. The Morgan fingerprint density at radius 1 is 1.26 bits per heavy atom. The molecule has 19 heavy (non-hydrogen) atoms. The van der Waals surface area contributed by atoms with Crippen LogP contribution in [-0.4, -0.2) is 41.6 Å². The minimum Gasteiger partial charge on any atom is -0.480 e. The minimum absolute atomic E-state index is 0.236. The summed E-state index contributed by atoms with van der Waals surface area (Å²) < 4.78 is 0. The minimum atomic E-state index is -0.981. The Morgan fingerprint density at radius 3 is 2.42 bits per heavy atom. The summed E-state index contributed by atoms with van der Waals surface area (Å²) in [5, 5.41) is 8.73. The maximum absolute atomic E-state index is 12.0. The Morgan fingerprint density at radius 2 is 1.89 bits per heavy atom. The average Bonchev–Trinajstić information content (AvgIpc) is 2.70. The third kappa shape index (κ3) is 2.86. The molecular formula is C14H18N2O3. The van der Waals surface area contributed by atoms with Gasteiger partial charge in [-0.25, -0.2) is 4.79 Å². The molecule has 0 saturated carbocycles. The molecule has 5 nitrogen and oxygen atoms in total. The van der Waals surface area contributed by atoms with Crippen LogP contribution in [0, 0.1) is 0 Å². The van der Waals surface area contributed by atoms with Crippen LogP contribution in [0.2, 0.25) is 0 Å². The molecule has 0 bridgehead atoms. The molecule has 0 radical (unpaired) electrons. The molecule has 5 heteroatoms. The molecule has 2 rings (SSSR count). The number of benzene rings is 1. The van der Waals surface area contributed by atoms with Crippen molar-refractivity contribution in [1.82, 2.24) is 4.90 Å². The van der Waals surface area contributed by atoms with Gasteiger partial charge in [0.2, 0.25) is 0 Å². The molecule has 1 aliphatic heterocycles. The molecule has 0 aliphatic carbocycles. The van der Waals surface area contributed by atoms with Crippen molar-refractivity contribution in [3.63, 3.8) is 0 Å². The fourth-order valence-corrected chi connectivity index (χ4v) is 2.17. The van der Waals surface area contributed by atoms with Gasteiger partial charge in [-0.2, -0.15) is 0 Å². The van der Waals surface area contributed by atoms with Crippen LogP contribution in [0.4, 0.5) is 10.5 Å². The maximum atomic E-state index is 12.0. The zero-order chi connectivity index (χ0) is 14.0. The molecule has 0 unspecified atom stereocenters. The molecule has 0 spiro atoms. The van der Waals surface area contributed by atoms with Crippen molar-refractivity contribution in [3.8, 4) is 0 Å². The summed E-state index contributed by atoms with van der Waals surface area (Å²) >= 11 is 0. The molecule has 1 heterocycles. The number of aliphatic carboxylic acids is 1. The highest BCUT2D eigenvalue weighted by atomic mass is 16.4. The molecule has 1 saturated heterocycles. The van der Waals surface area contributed by atoms with Gasteiger partial charge in [-0.05, 0) is 23.6 Å². The lowest BCUT2D eigenvalue weighted by Crippen LogP contribution is -2.35. The predicted molar refractivity (Wildman–Crippen MR) is 72.5 cm³/mol. The zero-order valence-electron chi connectivity index (χ0n) is 11.2. The topological polar surface area (TPSA) is 60.9 Å². The molecule has 0 aromatic heterocycles. The van der Waals surface area contributed by atoms with E-state index in [0.717, 1.165) is 5.69 Å². The van der Waals surface area contributed by atoms with Crippen LogP contribution in [0.15, 0.2) is 24.3 Å². The van der Waals surface area contributed by atoms with Gasteiger partial charge >= 0.3 is 12.0 Å². The molecule has 0 atom stereocenters. The van der Waals surface area contributed by atoms with Crippen LogP contribution in [0.1, 0.15) is 25.3 Å². The smallest absolute Gasteiger partial charge is 0.325 e. The van der Waals surface area contributed by atoms with Crippen molar-refractivity contribution in [2.45, 2.75) is 19.8 Å². The predicted octanol–water partition coefficient (Wildman–Crippen LogP) is 2.14. The summed E-state index contributed by atoms with van der Waals surface area (Å²) in [6.45, 7) is 4.98. The first-order chi connectivity index (χ1) is 8.99. The quantitative estimate of drug-likeness (QED) is 0.904. The van der Waals surface area contributed by atoms with E-state index in [1.165, 1.54) is 10.5 Å². The van der Waals surface area contributed by atoms with E-state index in [0.29, 0.717) is 19.0 Å². The van der Waals surface area contributed by atoms with E-state index in [9.17, 15) is 9.59 Å². The van der Waals surface area contributed by atoms with Gasteiger partial charge in [-0.1, -0.05) is 26.0 Å². The van der Waals surface area contributed by atoms with Crippen molar-refractivity contribution in [1.29, 1.82) is 0 Å². The number of anilines is 1. The lowest BCUT2D eigenvalue weighted by molar-refractivity contribution is -0.137. The second kappa shape index (κ2) is 5.30. The van der Waals surface area contributed by atoms with Crippen LogP contribution in [0.25, 0.3) is 0 Å². The first kappa shape index (κ1) is 13.4. The van der Waals surface area contributed by atoms with Crippen molar-refractivity contribution in [2.75, 3.05) is 24.5 Å². The van der Waals surface area contributed by atoms with E-state index < -0.39 is 5.97 Å². The first-order valence-electron chi connectivity index (χ1n) is 6.37. The van der Waals surface area contributed by atoms with E-state index >= 15 is 0 Å². The summed E-state index contributed by atoms with van der Waals surface area (Å²) in [6.07, 6.45) is 0. The van der Waals surface area contributed by atoms with Gasteiger partial charge in [-0.3, -0.25) is 9.69 Å². The van der Waals surface area contributed by atoms with Gasteiger partial charge in [0, 0.05) is 18.8 Å². The number of urea groups is 1. The number of carboxylic acid groups (broad SMARTS) is 1. The molecule has 1 aliphatic rings. The summed E-state index contributed by atoms with van der Waals surface area (Å²) in [5.41, 5.74) is 2.04. The summed E-state index contributed by atoms with van der Waals surface area (Å²) in [4.78, 5) is 25.7. The van der Waals surface area contributed by atoms with Gasteiger partial charge in [0.25, 0.3) is 0 Å². The van der Waals surface area contributed by atoms with E-state index in [2.05, 4.69) is 13.8 Å². The van der Waals surface area contributed by atoms with Crippen LogP contribution in [0.5, 0.6) is 0 Å². The Bertz CT molecular complexity index is 482. The molecule has 1 aromatic rings. The second-order valence-corrected chi connectivity index (χ2v) is 5.00. The van der Waals surface area contributed by atoms with Gasteiger partial charge < -0.3 is 10.0 Å². The van der Waals surface area contributed by atoms with E-state index in [4.69, 9.17) is 5.11 Å². The van der Waals surface area contributed by atoms with Crippen molar-refractivity contribution >= 4 is 17.7 Å². The van der Waals surface area contributed by atoms with E-state index in [1.807, 2.05) is 24.3 Å². The third-order valence-electron chi connectivity index (χ3n) is 3.29. The zero-order valence-corrected chi connectivity index (χ0v) is 11.2. The van der Waals surface area contributed by atoms with Crippen LogP contribution >= 0.6 is 0 Å². The van der Waals surface area contributed by atoms with Crippen molar-refractivity contribution in [2.24, 2.45) is 0 Å². The average molecular weight is 262 g/mol. The van der Waals surface area contributed by atoms with Crippen molar-refractivity contribution in [3.05, 3.63) is 29.8 Å². The van der Waals surface area contributed by atoms with Gasteiger partial charge in [0.1, 0.15) is 6.54 Å². The van der Waals surface area contributed by atoms with E-state index in [-0.39, 0.29) is 12.6 Å². The standard InChI is InChI=1S/C14H18N2O3/c1-10(2)11-3-5-12(6-4-11)16-8-7-15(14(16)19)9-13(17)18/h3-6,10H,7-9H2,1-2H3,(H,17,18). The summed E-state index contributed by atoms with van der Waals surface area (Å²) in [6, 6.07) is 7.61. The Balaban J connectivity index is 2.11. The maximum Gasteiger partial charge on any atom is 0.325 e. The number of amides is 2. The first-order valence-corrected chi connectivity index (χ1v) is 6.37. The number of carbonyl (C=O) groups is 2. The molecule has 2 amide bonds. The summed E-state index contributed by atoms with van der Waals surface area (Å²) in [5.74, 6) is -0.530. The fourth-order valence-electron chi connectivity index (χ4n) is 2.17. The number of hydrogen-bond donors (Lipinski definition) is 1. The number of hydrogen-bond acceptors (Lipinski definition) is 2. The van der Waals surface area contributed by atoms with Crippen LogP contribution in [0.3, 0.4) is 0 Å². The van der Waals surface area contributed by atoms with Gasteiger partial charge in [0.15, 0.2) is 0 Å². The third-order valence-corrected chi connectivity index (χ3v) is 3.29. The fraction of sp³-hybridized carbons (Fsp3) is 0.429. The Kier molecular flexibility index (Phi) is 3.74. The second-order valence-electron chi connectivity index (χ2n) is 5.00. The summed E-state index contributed by atoms with van der Waals surface area (Å²) in [7, 11) is 0. The molecule has 1 N–H and O–H groups in total. The Labute approximate surface area is 112 Å². The molecular weight excluding hydrogens is 244 g/mol. The van der Waals surface area contributed by atoms with Crippen LogP contribution in [-0.2, 0) is 4.79 Å². The normalized spacial score (nSPS) is 15.4. The molecule has 1 fully saturated rings. The molecule has 102 valence electrons. The number of nitrogens with zero attached hydrogens (tertiary/aromatic N) is 2. The Hall–Kier alpha value is -2.04. The largest absolute Gasteiger partial charge is 0.480 e. The number of carboxylic acids is 1. The molecule has 1 aromatic carbocycles. The number of rotatable bonds is 4. The van der Waals surface area contributed by atoms with Crippen molar-refractivity contribution < 1.29 is 14.7 Å². The van der Waals surface area contributed by atoms with Gasteiger partial charge in [0.05, 0.1) is 0 Å². The SMILES string of the molecule is CC(C)c1ccc(N2CCN(CC(=O)O)C2=O)cc1. The highest BCUT2D eigenvalue weighted by Crippen LogP contribution is 2.23.